The van der Waals surface area contributed by atoms with Crippen molar-refractivity contribution in [3.63, 3.8) is 0 Å². The minimum Gasteiger partial charge on any atom is -0.368 e. The molecular formula is C19H26N8O. The standard InChI is InChI=1S/C19H26N8O/c1-14-6-7-17(28)27(24-14)10-9-26-8-4-3-5-15(26)11-20-18-16-12-23-25(2)19(16)22-13-21-18/h6-7,12-13,15H,3-5,8-11H2,1-2H3,(H,20,21,22). The first-order valence-electron chi connectivity index (χ1n) is 9.77. The molecule has 3 aromatic heterocycles. The van der Waals surface area contributed by atoms with Gasteiger partial charge in [-0.3, -0.25) is 14.4 Å². The van der Waals surface area contributed by atoms with Gasteiger partial charge in [-0.2, -0.15) is 10.2 Å². The molecule has 1 saturated heterocycles. The number of anilines is 1. The molecule has 1 aliphatic heterocycles. The Morgan fingerprint density at radius 1 is 1.21 bits per heavy atom. The van der Waals surface area contributed by atoms with Gasteiger partial charge in [0, 0.05) is 32.2 Å². The van der Waals surface area contributed by atoms with Crippen molar-refractivity contribution in [3.05, 3.63) is 40.7 Å². The molecule has 1 unspecified atom stereocenters. The van der Waals surface area contributed by atoms with E-state index in [-0.39, 0.29) is 5.56 Å². The Hall–Kier alpha value is -2.81. The van der Waals surface area contributed by atoms with E-state index in [1.54, 1.807) is 34.0 Å². The van der Waals surface area contributed by atoms with E-state index in [0.29, 0.717) is 12.6 Å². The van der Waals surface area contributed by atoms with Crippen molar-refractivity contribution in [2.75, 3.05) is 25.0 Å². The largest absolute Gasteiger partial charge is 0.368 e. The number of aromatic nitrogens is 6. The summed E-state index contributed by atoms with van der Waals surface area (Å²) in [6.07, 6.45) is 6.90. The lowest BCUT2D eigenvalue weighted by molar-refractivity contribution is 0.148. The Balaban J connectivity index is 1.42. The average Bonchev–Trinajstić information content (AvgIpc) is 3.09. The summed E-state index contributed by atoms with van der Waals surface area (Å²) in [6.45, 7) is 5.17. The Bertz CT molecular complexity index is 1010. The Morgan fingerprint density at radius 3 is 3.00 bits per heavy atom. The van der Waals surface area contributed by atoms with Crippen LogP contribution in [0, 0.1) is 6.92 Å². The molecule has 4 rings (SSSR count). The predicted octanol–water partition coefficient (Wildman–Crippen LogP) is 1.20. The number of nitrogens with one attached hydrogen (secondary N) is 1. The molecule has 0 saturated carbocycles. The fourth-order valence-electron chi connectivity index (χ4n) is 3.84. The maximum absolute atomic E-state index is 12.0. The van der Waals surface area contributed by atoms with Crippen molar-refractivity contribution >= 4 is 16.9 Å². The minimum atomic E-state index is -0.0442. The maximum Gasteiger partial charge on any atom is 0.266 e. The number of likely N-dealkylation sites (tertiary alicyclic amines) is 1. The number of aryl methyl sites for hydroxylation is 2. The molecule has 9 nitrogen and oxygen atoms in total. The van der Waals surface area contributed by atoms with Gasteiger partial charge >= 0.3 is 0 Å². The summed E-state index contributed by atoms with van der Waals surface area (Å²) in [7, 11) is 1.88. The second-order valence-electron chi connectivity index (χ2n) is 7.33. The monoisotopic (exact) mass is 382 g/mol. The smallest absolute Gasteiger partial charge is 0.266 e. The van der Waals surface area contributed by atoms with Crippen molar-refractivity contribution in [1.82, 2.24) is 34.4 Å². The molecule has 0 amide bonds. The first kappa shape index (κ1) is 18.5. The zero-order valence-electron chi connectivity index (χ0n) is 16.4. The van der Waals surface area contributed by atoms with Gasteiger partial charge in [-0.05, 0) is 32.4 Å². The predicted molar refractivity (Wildman–Crippen MR) is 107 cm³/mol. The molecule has 1 aliphatic rings. The molecule has 0 aromatic carbocycles. The van der Waals surface area contributed by atoms with Gasteiger partial charge in [0.2, 0.25) is 0 Å². The molecule has 0 spiro atoms. The first-order valence-corrected chi connectivity index (χ1v) is 9.77. The van der Waals surface area contributed by atoms with Gasteiger partial charge in [0.25, 0.3) is 5.56 Å². The highest BCUT2D eigenvalue weighted by Crippen LogP contribution is 2.21. The average molecular weight is 382 g/mol. The number of piperidine rings is 1. The van der Waals surface area contributed by atoms with Crippen molar-refractivity contribution in [1.29, 1.82) is 0 Å². The van der Waals surface area contributed by atoms with Gasteiger partial charge < -0.3 is 5.32 Å². The molecule has 1 N–H and O–H groups in total. The van der Waals surface area contributed by atoms with Gasteiger partial charge in [0.1, 0.15) is 12.1 Å². The van der Waals surface area contributed by atoms with E-state index in [1.807, 2.05) is 14.0 Å². The third-order valence-corrected chi connectivity index (χ3v) is 5.38. The lowest BCUT2D eigenvalue weighted by Crippen LogP contribution is -2.45. The number of rotatable bonds is 6. The van der Waals surface area contributed by atoms with Crippen molar-refractivity contribution in [2.24, 2.45) is 7.05 Å². The fraction of sp³-hybridized carbons (Fsp3) is 0.526. The summed E-state index contributed by atoms with van der Waals surface area (Å²) in [5.74, 6) is 0.820. The summed E-state index contributed by atoms with van der Waals surface area (Å²) >= 11 is 0. The van der Waals surface area contributed by atoms with E-state index in [4.69, 9.17) is 0 Å². The topological polar surface area (TPSA) is 93.8 Å². The number of fused-ring (bicyclic) bond motifs is 1. The third kappa shape index (κ3) is 3.89. The van der Waals surface area contributed by atoms with Gasteiger partial charge in [-0.15, -0.1) is 0 Å². The lowest BCUT2D eigenvalue weighted by Gasteiger charge is -2.35. The fourth-order valence-corrected chi connectivity index (χ4v) is 3.84. The van der Waals surface area contributed by atoms with E-state index in [1.165, 1.54) is 12.8 Å². The summed E-state index contributed by atoms with van der Waals surface area (Å²) in [6, 6.07) is 3.75. The molecule has 1 fully saturated rings. The summed E-state index contributed by atoms with van der Waals surface area (Å²) in [5, 5.41) is 13.0. The van der Waals surface area contributed by atoms with Crippen LogP contribution in [0.5, 0.6) is 0 Å². The van der Waals surface area contributed by atoms with Crippen LogP contribution in [0.15, 0.2) is 29.5 Å². The molecule has 28 heavy (non-hydrogen) atoms. The third-order valence-electron chi connectivity index (χ3n) is 5.38. The molecule has 148 valence electrons. The van der Waals surface area contributed by atoms with Crippen molar-refractivity contribution < 1.29 is 0 Å². The van der Waals surface area contributed by atoms with Gasteiger partial charge in [-0.1, -0.05) is 6.42 Å². The molecule has 4 heterocycles. The molecule has 3 aromatic rings. The quantitative estimate of drug-likeness (QED) is 0.684. The summed E-state index contributed by atoms with van der Waals surface area (Å²) in [5.41, 5.74) is 1.64. The van der Waals surface area contributed by atoms with Crippen molar-refractivity contribution in [3.8, 4) is 0 Å². The highest BCUT2D eigenvalue weighted by Gasteiger charge is 2.22. The minimum absolute atomic E-state index is 0.0442. The van der Waals surface area contributed by atoms with E-state index < -0.39 is 0 Å². The van der Waals surface area contributed by atoms with E-state index >= 15 is 0 Å². The number of nitrogens with zero attached hydrogens (tertiary/aromatic N) is 7. The van der Waals surface area contributed by atoms with Crippen LogP contribution >= 0.6 is 0 Å². The zero-order chi connectivity index (χ0) is 19.5. The van der Waals surface area contributed by atoms with Gasteiger partial charge in [0.05, 0.1) is 23.8 Å². The van der Waals surface area contributed by atoms with Crippen LogP contribution in [0.25, 0.3) is 11.0 Å². The van der Waals surface area contributed by atoms with Crippen LogP contribution in [0.1, 0.15) is 25.0 Å². The molecule has 0 radical (unpaired) electrons. The molecular weight excluding hydrogens is 356 g/mol. The molecule has 1 atom stereocenters. The number of hydrogen-bond acceptors (Lipinski definition) is 7. The highest BCUT2D eigenvalue weighted by molar-refractivity contribution is 5.85. The molecule has 0 aliphatic carbocycles. The highest BCUT2D eigenvalue weighted by atomic mass is 16.1. The molecule has 9 heteroatoms. The van der Waals surface area contributed by atoms with Crippen LogP contribution in [0.2, 0.25) is 0 Å². The van der Waals surface area contributed by atoms with Crippen LogP contribution in [-0.4, -0.2) is 60.1 Å². The summed E-state index contributed by atoms with van der Waals surface area (Å²) in [4.78, 5) is 23.1. The normalized spacial score (nSPS) is 17.9. The van der Waals surface area contributed by atoms with Crippen molar-refractivity contribution in [2.45, 2.75) is 38.8 Å². The lowest BCUT2D eigenvalue weighted by atomic mass is 10.0. The van der Waals surface area contributed by atoms with Crippen LogP contribution in [0.3, 0.4) is 0 Å². The zero-order valence-corrected chi connectivity index (χ0v) is 16.4. The number of hydrogen-bond donors (Lipinski definition) is 1. The van der Waals surface area contributed by atoms with Gasteiger partial charge in [0.15, 0.2) is 5.65 Å². The Labute approximate surface area is 163 Å². The van der Waals surface area contributed by atoms with Gasteiger partial charge in [-0.25, -0.2) is 14.6 Å². The summed E-state index contributed by atoms with van der Waals surface area (Å²) < 4.78 is 3.32. The van der Waals surface area contributed by atoms with E-state index in [0.717, 1.165) is 48.6 Å². The van der Waals surface area contributed by atoms with Crippen LogP contribution in [0.4, 0.5) is 5.82 Å². The Morgan fingerprint density at radius 2 is 2.11 bits per heavy atom. The second-order valence-corrected chi connectivity index (χ2v) is 7.33. The second kappa shape index (κ2) is 8.05. The van der Waals surface area contributed by atoms with Crippen LogP contribution < -0.4 is 10.9 Å². The van der Waals surface area contributed by atoms with E-state index in [9.17, 15) is 4.79 Å². The SMILES string of the molecule is Cc1ccc(=O)n(CCN2CCCCC2CNc2ncnc3c2cnn3C)n1. The Kier molecular flexibility index (Phi) is 5.34. The van der Waals surface area contributed by atoms with Crippen LogP contribution in [-0.2, 0) is 13.6 Å². The maximum atomic E-state index is 12.0. The first-order chi connectivity index (χ1) is 13.6. The molecule has 0 bridgehead atoms. The van der Waals surface area contributed by atoms with E-state index in [2.05, 4.69) is 30.4 Å².